The lowest BCUT2D eigenvalue weighted by Crippen LogP contribution is -2.69. The third-order valence-corrected chi connectivity index (χ3v) is 4.71. The maximum Gasteiger partial charge on any atom is 0.327 e. The highest BCUT2D eigenvalue weighted by Gasteiger charge is 2.56. The number of thioether (sulfide) groups is 1. The number of ketones is 2. The van der Waals surface area contributed by atoms with E-state index < -0.39 is 28.3 Å². The molecular weight excluding hydrogens is 284 g/mol. The first-order valence-corrected chi connectivity index (χ1v) is 7.31. The number of hydrogen-bond donors (Lipinski definition) is 4. The van der Waals surface area contributed by atoms with E-state index in [1.807, 2.05) is 0 Å². The van der Waals surface area contributed by atoms with Gasteiger partial charge in [0.25, 0.3) is 0 Å². The summed E-state index contributed by atoms with van der Waals surface area (Å²) in [5, 5.41) is 21.9. The van der Waals surface area contributed by atoms with Crippen LogP contribution in [0.3, 0.4) is 0 Å². The maximum absolute atomic E-state index is 12.3. The molecule has 7 nitrogen and oxygen atoms in total. The summed E-state index contributed by atoms with van der Waals surface area (Å²) in [6.07, 6.45) is -0.411. The maximum atomic E-state index is 12.3. The Labute approximate surface area is 121 Å². The van der Waals surface area contributed by atoms with E-state index in [1.54, 1.807) is 0 Å². The lowest BCUT2D eigenvalue weighted by Gasteiger charge is -2.38. The molecule has 1 aliphatic rings. The normalized spacial score (nSPS) is 24.7. The average molecular weight is 304 g/mol. The van der Waals surface area contributed by atoms with Crippen molar-refractivity contribution in [3.05, 3.63) is 0 Å². The molecule has 0 aromatic carbocycles. The number of carbonyl (C=O) groups excluding carboxylic acids is 2. The van der Waals surface area contributed by atoms with Crippen molar-refractivity contribution in [1.82, 2.24) is 5.32 Å². The van der Waals surface area contributed by atoms with Gasteiger partial charge in [0.05, 0.1) is 0 Å². The molecule has 0 radical (unpaired) electrons. The molecule has 0 aromatic rings. The third kappa shape index (κ3) is 3.20. The SMILES string of the molecule is CC(=O)CCC(N)(C(=O)O)C(C)(O)C(=O)C1NCCS1. The van der Waals surface area contributed by atoms with Gasteiger partial charge in [-0.2, -0.15) is 0 Å². The minimum atomic E-state index is -2.26. The predicted molar refractivity (Wildman–Crippen MR) is 74.3 cm³/mol. The number of carboxylic acid groups (broad SMARTS) is 1. The highest BCUT2D eigenvalue weighted by atomic mass is 32.2. The molecule has 0 aliphatic carbocycles. The summed E-state index contributed by atoms with van der Waals surface area (Å²) in [4.78, 5) is 34.8. The largest absolute Gasteiger partial charge is 0.480 e. The third-order valence-electron chi connectivity index (χ3n) is 3.56. The highest BCUT2D eigenvalue weighted by molar-refractivity contribution is 8.00. The van der Waals surface area contributed by atoms with Crippen LogP contribution in [0, 0.1) is 0 Å². The number of aliphatic carboxylic acids is 1. The second-order valence-corrected chi connectivity index (χ2v) is 6.33. The average Bonchev–Trinajstić information content (AvgIpc) is 2.87. The first-order valence-electron chi connectivity index (χ1n) is 6.26. The first-order chi connectivity index (χ1) is 9.13. The smallest absolute Gasteiger partial charge is 0.327 e. The zero-order valence-corrected chi connectivity index (χ0v) is 12.3. The van der Waals surface area contributed by atoms with Crippen LogP contribution < -0.4 is 11.1 Å². The van der Waals surface area contributed by atoms with E-state index in [2.05, 4.69) is 5.32 Å². The van der Waals surface area contributed by atoms with E-state index in [0.29, 0.717) is 12.3 Å². The van der Waals surface area contributed by atoms with E-state index in [1.165, 1.54) is 18.7 Å². The standard InChI is InChI=1S/C12H20N2O5S/c1-7(15)3-4-12(13,10(17)18)11(2,19)8(16)9-14-5-6-20-9/h9,14,19H,3-6,13H2,1-2H3,(H,17,18). The Morgan fingerprint density at radius 1 is 1.45 bits per heavy atom. The van der Waals surface area contributed by atoms with Crippen molar-refractivity contribution in [2.24, 2.45) is 5.73 Å². The summed E-state index contributed by atoms with van der Waals surface area (Å²) in [7, 11) is 0. The van der Waals surface area contributed by atoms with E-state index >= 15 is 0 Å². The number of carbonyl (C=O) groups is 3. The van der Waals surface area contributed by atoms with Crippen LogP contribution in [0.15, 0.2) is 0 Å². The molecule has 20 heavy (non-hydrogen) atoms. The molecule has 0 spiro atoms. The van der Waals surface area contributed by atoms with Gasteiger partial charge >= 0.3 is 5.97 Å². The van der Waals surface area contributed by atoms with E-state index in [-0.39, 0.29) is 18.6 Å². The number of hydrogen-bond acceptors (Lipinski definition) is 7. The van der Waals surface area contributed by atoms with Crippen LogP contribution in [-0.2, 0) is 14.4 Å². The molecule has 1 rings (SSSR count). The van der Waals surface area contributed by atoms with Gasteiger partial charge in [-0.05, 0) is 20.3 Å². The molecule has 0 amide bonds. The number of carboxylic acids is 1. The molecule has 3 atom stereocenters. The predicted octanol–water partition coefficient (Wildman–Crippen LogP) is -0.880. The number of nitrogens with two attached hydrogens (primary N) is 1. The van der Waals surface area contributed by atoms with Gasteiger partial charge in [0.15, 0.2) is 16.9 Å². The monoisotopic (exact) mass is 304 g/mol. The van der Waals surface area contributed by atoms with E-state index in [0.717, 1.165) is 6.92 Å². The Morgan fingerprint density at radius 3 is 2.45 bits per heavy atom. The molecule has 5 N–H and O–H groups in total. The lowest BCUT2D eigenvalue weighted by atomic mass is 9.75. The fraction of sp³-hybridized carbons (Fsp3) is 0.750. The topological polar surface area (TPSA) is 130 Å². The number of Topliss-reactive ketones (excluding diaryl/α,β-unsaturated/α-hetero) is 2. The van der Waals surface area contributed by atoms with Gasteiger partial charge < -0.3 is 20.7 Å². The van der Waals surface area contributed by atoms with Gasteiger partial charge in [0, 0.05) is 18.7 Å². The lowest BCUT2D eigenvalue weighted by molar-refractivity contribution is -0.163. The van der Waals surface area contributed by atoms with E-state index in [4.69, 9.17) is 5.73 Å². The van der Waals surface area contributed by atoms with Crippen molar-refractivity contribution in [2.75, 3.05) is 12.3 Å². The summed E-state index contributed by atoms with van der Waals surface area (Å²) in [5.74, 6) is -1.73. The molecule has 0 saturated carbocycles. The minimum Gasteiger partial charge on any atom is -0.480 e. The van der Waals surface area contributed by atoms with Crippen LogP contribution in [0.25, 0.3) is 0 Å². The van der Waals surface area contributed by atoms with Crippen molar-refractivity contribution < 1.29 is 24.6 Å². The highest BCUT2D eigenvalue weighted by Crippen LogP contribution is 2.30. The van der Waals surface area contributed by atoms with Crippen LogP contribution in [0.2, 0.25) is 0 Å². The zero-order valence-electron chi connectivity index (χ0n) is 11.5. The fourth-order valence-electron chi connectivity index (χ4n) is 2.00. The van der Waals surface area contributed by atoms with Gasteiger partial charge in [0.1, 0.15) is 11.2 Å². The number of nitrogens with one attached hydrogen (secondary N) is 1. The first kappa shape index (κ1) is 17.1. The van der Waals surface area contributed by atoms with E-state index in [9.17, 15) is 24.6 Å². The summed E-state index contributed by atoms with van der Waals surface area (Å²) in [6.45, 7) is 3.01. The molecular formula is C12H20N2O5S. The van der Waals surface area contributed by atoms with Crippen molar-refractivity contribution >= 4 is 29.3 Å². The van der Waals surface area contributed by atoms with Crippen LogP contribution in [0.5, 0.6) is 0 Å². The summed E-state index contributed by atoms with van der Waals surface area (Å²) in [6, 6.07) is 0. The summed E-state index contributed by atoms with van der Waals surface area (Å²) >= 11 is 1.29. The van der Waals surface area contributed by atoms with Crippen LogP contribution >= 0.6 is 11.8 Å². The Morgan fingerprint density at radius 2 is 2.05 bits per heavy atom. The van der Waals surface area contributed by atoms with Gasteiger partial charge in [-0.15, -0.1) is 11.8 Å². The molecule has 1 aliphatic heterocycles. The van der Waals surface area contributed by atoms with Gasteiger partial charge in [-0.1, -0.05) is 0 Å². The Kier molecular flexibility index (Phi) is 5.31. The molecule has 1 fully saturated rings. The Balaban J connectivity index is 3.00. The van der Waals surface area contributed by atoms with Gasteiger partial charge in [-0.3, -0.25) is 14.9 Å². The second-order valence-electron chi connectivity index (χ2n) is 5.12. The second kappa shape index (κ2) is 6.21. The molecule has 8 heteroatoms. The van der Waals surface area contributed by atoms with Crippen molar-refractivity contribution in [3.8, 4) is 0 Å². The molecule has 1 saturated heterocycles. The Bertz CT molecular complexity index is 420. The minimum absolute atomic E-state index is 0.114. The molecule has 1 heterocycles. The van der Waals surface area contributed by atoms with Gasteiger partial charge in [-0.25, -0.2) is 0 Å². The molecule has 114 valence electrons. The van der Waals surface area contributed by atoms with Crippen LogP contribution in [0.1, 0.15) is 26.7 Å². The zero-order chi connectivity index (χ0) is 15.6. The summed E-state index contributed by atoms with van der Waals surface area (Å²) in [5.41, 5.74) is 1.32. The fourth-order valence-corrected chi connectivity index (χ4v) is 3.09. The van der Waals surface area contributed by atoms with Crippen LogP contribution in [-0.4, -0.2) is 56.6 Å². The van der Waals surface area contributed by atoms with Crippen molar-refractivity contribution in [3.63, 3.8) is 0 Å². The molecule has 3 unspecified atom stereocenters. The van der Waals surface area contributed by atoms with Crippen molar-refractivity contribution in [2.45, 2.75) is 43.2 Å². The molecule has 0 bridgehead atoms. The quantitative estimate of drug-likeness (QED) is 0.477. The number of rotatable bonds is 7. The van der Waals surface area contributed by atoms with Crippen molar-refractivity contribution in [1.29, 1.82) is 0 Å². The van der Waals surface area contributed by atoms with Gasteiger partial charge in [0.2, 0.25) is 0 Å². The van der Waals surface area contributed by atoms with Crippen LogP contribution in [0.4, 0.5) is 0 Å². The number of aliphatic hydroxyl groups is 1. The summed E-state index contributed by atoms with van der Waals surface area (Å²) < 4.78 is 0. The Hall–Kier alpha value is -0.960. The molecule has 0 aromatic heterocycles.